The fourth-order valence-corrected chi connectivity index (χ4v) is 3.13. The highest BCUT2D eigenvalue weighted by molar-refractivity contribution is 6.12. The van der Waals surface area contributed by atoms with Gasteiger partial charge in [0.1, 0.15) is 5.75 Å². The van der Waals surface area contributed by atoms with Crippen LogP contribution in [0.15, 0.2) is 72.9 Å². The van der Waals surface area contributed by atoms with E-state index in [4.69, 9.17) is 4.74 Å². The molecule has 5 heteroatoms. The number of carbonyl (C=O) groups excluding carboxylic acids is 1. The lowest BCUT2D eigenvalue weighted by atomic mass is 10.0. The van der Waals surface area contributed by atoms with Gasteiger partial charge in [-0.3, -0.25) is 14.7 Å². The molecule has 2 heterocycles. The summed E-state index contributed by atoms with van der Waals surface area (Å²) in [6, 6.07) is 20.8. The van der Waals surface area contributed by atoms with E-state index in [0.717, 1.165) is 22.8 Å². The number of fused-ring (bicyclic) bond motifs is 1. The smallest absolute Gasteiger partial charge is 0.262 e. The quantitative estimate of drug-likeness (QED) is 0.768. The van der Waals surface area contributed by atoms with Crippen molar-refractivity contribution in [2.75, 3.05) is 16.8 Å². The molecule has 1 amide bonds. The zero-order valence-electron chi connectivity index (χ0n) is 14.4. The Bertz CT molecular complexity index is 910. The van der Waals surface area contributed by atoms with Gasteiger partial charge in [-0.05, 0) is 55.5 Å². The Hall–Kier alpha value is -3.34. The van der Waals surface area contributed by atoms with E-state index in [1.165, 1.54) is 0 Å². The van der Waals surface area contributed by atoms with Gasteiger partial charge in [-0.15, -0.1) is 0 Å². The number of ether oxygens (including phenoxy) is 1. The largest absolute Gasteiger partial charge is 0.494 e. The molecule has 26 heavy (non-hydrogen) atoms. The summed E-state index contributed by atoms with van der Waals surface area (Å²) in [5, 5.41) is 3.44. The summed E-state index contributed by atoms with van der Waals surface area (Å²) >= 11 is 0. The Morgan fingerprint density at radius 3 is 2.54 bits per heavy atom. The third kappa shape index (κ3) is 2.88. The minimum atomic E-state index is -0.378. The molecule has 1 aromatic heterocycles. The average molecular weight is 345 g/mol. The van der Waals surface area contributed by atoms with E-state index in [1.54, 1.807) is 11.1 Å². The van der Waals surface area contributed by atoms with Crippen LogP contribution in [0.2, 0.25) is 0 Å². The van der Waals surface area contributed by atoms with E-state index in [2.05, 4.69) is 10.3 Å². The Labute approximate surface area is 152 Å². The molecule has 4 rings (SSSR count). The Morgan fingerprint density at radius 1 is 1.04 bits per heavy atom. The number of nitrogens with zero attached hydrogens (tertiary/aromatic N) is 2. The lowest BCUT2D eigenvalue weighted by Gasteiger charge is -2.37. The van der Waals surface area contributed by atoms with Crippen molar-refractivity contribution in [1.82, 2.24) is 4.98 Å². The molecule has 0 radical (unpaired) electrons. The zero-order valence-corrected chi connectivity index (χ0v) is 14.4. The summed E-state index contributed by atoms with van der Waals surface area (Å²) in [5.74, 6) is 0.725. The van der Waals surface area contributed by atoms with Crippen LogP contribution in [0.5, 0.6) is 5.75 Å². The first-order valence-corrected chi connectivity index (χ1v) is 8.61. The van der Waals surface area contributed by atoms with Crippen molar-refractivity contribution in [2.24, 2.45) is 0 Å². The summed E-state index contributed by atoms with van der Waals surface area (Å²) in [5.41, 5.74) is 3.03. The van der Waals surface area contributed by atoms with Crippen LogP contribution in [0.1, 0.15) is 29.1 Å². The topological polar surface area (TPSA) is 54.5 Å². The van der Waals surface area contributed by atoms with Crippen molar-refractivity contribution in [3.8, 4) is 5.75 Å². The number of nitrogens with one attached hydrogen (secondary N) is 1. The maximum Gasteiger partial charge on any atom is 0.262 e. The molecule has 0 fully saturated rings. The number of hydrogen-bond acceptors (Lipinski definition) is 4. The number of para-hydroxylation sites is 1. The van der Waals surface area contributed by atoms with Gasteiger partial charge in [-0.2, -0.15) is 0 Å². The molecule has 0 bridgehead atoms. The summed E-state index contributed by atoms with van der Waals surface area (Å²) < 4.78 is 5.51. The SMILES string of the molecule is CCOc1ccc(N2C(=O)c3ccccc3NC2c2ccccn2)cc1. The molecular weight excluding hydrogens is 326 g/mol. The Balaban J connectivity index is 1.79. The van der Waals surface area contributed by atoms with Crippen molar-refractivity contribution in [1.29, 1.82) is 0 Å². The number of benzene rings is 2. The monoisotopic (exact) mass is 345 g/mol. The standard InChI is InChI=1S/C21H19N3O2/c1-2-26-16-12-10-15(11-13-16)24-20(19-9-5-6-14-22-19)23-18-8-4-3-7-17(18)21(24)25/h3-14,20,23H,2H2,1H3. The van der Waals surface area contributed by atoms with E-state index in [-0.39, 0.29) is 12.1 Å². The molecule has 1 aliphatic rings. The Kier molecular flexibility index (Phi) is 4.27. The van der Waals surface area contributed by atoms with Crippen LogP contribution in [-0.2, 0) is 0 Å². The molecule has 0 aliphatic carbocycles. The fourth-order valence-electron chi connectivity index (χ4n) is 3.13. The number of amides is 1. The van der Waals surface area contributed by atoms with Gasteiger partial charge in [0.05, 0.1) is 17.9 Å². The summed E-state index contributed by atoms with van der Waals surface area (Å²) in [6.45, 7) is 2.55. The molecule has 1 atom stereocenters. The van der Waals surface area contributed by atoms with E-state index in [0.29, 0.717) is 12.2 Å². The number of carbonyl (C=O) groups is 1. The first kappa shape index (κ1) is 16.1. The van der Waals surface area contributed by atoms with Gasteiger partial charge in [-0.1, -0.05) is 18.2 Å². The predicted octanol–water partition coefficient (Wildman–Crippen LogP) is 4.25. The lowest BCUT2D eigenvalue weighted by molar-refractivity contribution is 0.0974. The van der Waals surface area contributed by atoms with Crippen molar-refractivity contribution in [3.05, 3.63) is 84.2 Å². The van der Waals surface area contributed by atoms with E-state index < -0.39 is 0 Å². The fraction of sp³-hybridized carbons (Fsp3) is 0.143. The molecule has 0 saturated carbocycles. The van der Waals surface area contributed by atoms with Crippen molar-refractivity contribution in [3.63, 3.8) is 0 Å². The third-order valence-corrected chi connectivity index (χ3v) is 4.32. The van der Waals surface area contributed by atoms with E-state index in [1.807, 2.05) is 73.7 Å². The number of hydrogen-bond donors (Lipinski definition) is 1. The second kappa shape index (κ2) is 6.88. The molecule has 0 saturated heterocycles. The van der Waals surface area contributed by atoms with Crippen LogP contribution in [0.3, 0.4) is 0 Å². The number of rotatable bonds is 4. The summed E-state index contributed by atoms with van der Waals surface area (Å²) in [4.78, 5) is 19.4. The van der Waals surface area contributed by atoms with Gasteiger partial charge in [-0.25, -0.2) is 0 Å². The second-order valence-corrected chi connectivity index (χ2v) is 5.95. The van der Waals surface area contributed by atoms with Crippen molar-refractivity contribution in [2.45, 2.75) is 13.1 Å². The van der Waals surface area contributed by atoms with Crippen LogP contribution < -0.4 is 15.0 Å². The van der Waals surface area contributed by atoms with Gasteiger partial charge in [0.15, 0.2) is 6.17 Å². The van der Waals surface area contributed by atoms with E-state index >= 15 is 0 Å². The molecule has 2 aromatic carbocycles. The lowest BCUT2D eigenvalue weighted by Crippen LogP contribution is -2.43. The van der Waals surface area contributed by atoms with Crippen LogP contribution in [0.25, 0.3) is 0 Å². The summed E-state index contributed by atoms with van der Waals surface area (Å²) in [7, 11) is 0. The average Bonchev–Trinajstić information content (AvgIpc) is 2.70. The molecule has 1 N–H and O–H groups in total. The third-order valence-electron chi connectivity index (χ3n) is 4.32. The highest BCUT2D eigenvalue weighted by atomic mass is 16.5. The molecule has 0 spiro atoms. The molecule has 130 valence electrons. The normalized spacial score (nSPS) is 16.0. The maximum absolute atomic E-state index is 13.2. The van der Waals surface area contributed by atoms with Gasteiger partial charge >= 0.3 is 0 Å². The van der Waals surface area contributed by atoms with Gasteiger partial charge in [0, 0.05) is 17.6 Å². The number of pyridine rings is 1. The van der Waals surface area contributed by atoms with Gasteiger partial charge in [0.25, 0.3) is 5.91 Å². The molecule has 3 aromatic rings. The molecular formula is C21H19N3O2. The maximum atomic E-state index is 13.2. The van der Waals surface area contributed by atoms with Crippen LogP contribution in [0.4, 0.5) is 11.4 Å². The predicted molar refractivity (Wildman–Crippen MR) is 101 cm³/mol. The first-order valence-electron chi connectivity index (χ1n) is 8.61. The summed E-state index contributed by atoms with van der Waals surface area (Å²) in [6.07, 6.45) is 1.36. The second-order valence-electron chi connectivity index (χ2n) is 5.95. The first-order chi connectivity index (χ1) is 12.8. The van der Waals surface area contributed by atoms with Gasteiger partial charge < -0.3 is 10.1 Å². The van der Waals surface area contributed by atoms with Crippen LogP contribution in [-0.4, -0.2) is 17.5 Å². The number of anilines is 2. The highest BCUT2D eigenvalue weighted by Gasteiger charge is 2.34. The van der Waals surface area contributed by atoms with E-state index in [9.17, 15) is 4.79 Å². The minimum Gasteiger partial charge on any atom is -0.494 e. The minimum absolute atomic E-state index is 0.0563. The van der Waals surface area contributed by atoms with Crippen LogP contribution >= 0.6 is 0 Å². The van der Waals surface area contributed by atoms with Crippen molar-refractivity contribution >= 4 is 17.3 Å². The molecule has 1 aliphatic heterocycles. The Morgan fingerprint density at radius 2 is 1.81 bits per heavy atom. The zero-order chi connectivity index (χ0) is 17.9. The highest BCUT2D eigenvalue weighted by Crippen LogP contribution is 2.36. The molecule has 1 unspecified atom stereocenters. The van der Waals surface area contributed by atoms with Crippen LogP contribution in [0, 0.1) is 0 Å². The van der Waals surface area contributed by atoms with Gasteiger partial charge in [0.2, 0.25) is 0 Å². The number of aromatic nitrogens is 1. The van der Waals surface area contributed by atoms with Crippen molar-refractivity contribution < 1.29 is 9.53 Å². The molecule has 5 nitrogen and oxygen atoms in total.